The first-order chi connectivity index (χ1) is 12.1. The minimum Gasteiger partial charge on any atom is -0.420 e. The van der Waals surface area contributed by atoms with Gasteiger partial charge in [-0.3, -0.25) is 9.78 Å². The Morgan fingerprint density at radius 1 is 1.16 bits per heavy atom. The van der Waals surface area contributed by atoms with Gasteiger partial charge in [0.15, 0.2) is 0 Å². The third-order valence-corrected chi connectivity index (χ3v) is 4.83. The van der Waals surface area contributed by atoms with Crippen molar-refractivity contribution in [1.29, 1.82) is 0 Å². The average molecular weight is 350 g/mol. The normalized spacial score (nSPS) is 11.0. The third-order valence-electron chi connectivity index (χ3n) is 3.79. The molecule has 6 nitrogen and oxygen atoms in total. The predicted molar refractivity (Wildman–Crippen MR) is 96.8 cm³/mol. The van der Waals surface area contributed by atoms with Gasteiger partial charge in [-0.25, -0.2) is 0 Å². The zero-order valence-corrected chi connectivity index (χ0v) is 14.4. The Morgan fingerprint density at radius 2 is 2.00 bits per heavy atom. The topological polar surface area (TPSA) is 80.9 Å². The van der Waals surface area contributed by atoms with Gasteiger partial charge in [-0.2, -0.15) is 0 Å². The van der Waals surface area contributed by atoms with Gasteiger partial charge in [-0.05, 0) is 24.4 Å². The van der Waals surface area contributed by atoms with E-state index < -0.39 is 0 Å². The average Bonchev–Trinajstić information content (AvgIpc) is 3.20. The summed E-state index contributed by atoms with van der Waals surface area (Å²) in [7, 11) is 0. The van der Waals surface area contributed by atoms with Crippen LogP contribution in [0.15, 0.2) is 47.0 Å². The molecule has 0 saturated heterocycles. The van der Waals surface area contributed by atoms with Gasteiger partial charge >= 0.3 is 0 Å². The van der Waals surface area contributed by atoms with Gasteiger partial charge in [0.1, 0.15) is 5.69 Å². The van der Waals surface area contributed by atoms with Gasteiger partial charge in [0.25, 0.3) is 11.8 Å². The number of aryl methyl sites for hydroxylation is 2. The van der Waals surface area contributed by atoms with Crippen LogP contribution in [0.4, 0.5) is 5.69 Å². The molecule has 4 aromatic rings. The van der Waals surface area contributed by atoms with Crippen LogP contribution in [0.5, 0.6) is 0 Å². The molecule has 0 saturated carbocycles. The van der Waals surface area contributed by atoms with Crippen molar-refractivity contribution >= 4 is 33.7 Å². The van der Waals surface area contributed by atoms with Crippen molar-refractivity contribution in [3.8, 4) is 10.8 Å². The quantitative estimate of drug-likeness (QED) is 0.598. The van der Waals surface area contributed by atoms with Gasteiger partial charge in [0.05, 0.1) is 10.6 Å². The van der Waals surface area contributed by atoms with Gasteiger partial charge in [0, 0.05) is 23.4 Å². The Morgan fingerprint density at radius 3 is 2.80 bits per heavy atom. The molecular formula is C18H14N4O2S. The summed E-state index contributed by atoms with van der Waals surface area (Å²) in [5, 5.41) is 12.6. The number of thiophene rings is 1. The summed E-state index contributed by atoms with van der Waals surface area (Å²) in [6, 6.07) is 11.4. The van der Waals surface area contributed by atoms with Crippen LogP contribution in [-0.4, -0.2) is 21.1 Å². The van der Waals surface area contributed by atoms with E-state index in [0.717, 1.165) is 26.2 Å². The number of benzene rings is 1. The van der Waals surface area contributed by atoms with Crippen LogP contribution < -0.4 is 5.32 Å². The molecule has 0 aliphatic rings. The van der Waals surface area contributed by atoms with E-state index in [9.17, 15) is 4.79 Å². The van der Waals surface area contributed by atoms with E-state index in [4.69, 9.17) is 4.42 Å². The highest BCUT2D eigenvalue weighted by Gasteiger charge is 2.17. The molecule has 1 amide bonds. The maximum Gasteiger partial charge on any atom is 0.274 e. The Labute approximate surface area is 147 Å². The summed E-state index contributed by atoms with van der Waals surface area (Å²) < 4.78 is 5.45. The molecule has 0 atom stereocenters. The zero-order chi connectivity index (χ0) is 17.4. The minimum atomic E-state index is -0.244. The molecule has 0 aliphatic heterocycles. The van der Waals surface area contributed by atoms with Crippen molar-refractivity contribution in [2.24, 2.45) is 0 Å². The van der Waals surface area contributed by atoms with Gasteiger partial charge in [0.2, 0.25) is 5.89 Å². The minimum absolute atomic E-state index is 0.244. The number of hydrogen-bond donors (Lipinski definition) is 1. The number of pyridine rings is 1. The van der Waals surface area contributed by atoms with Crippen LogP contribution in [0.2, 0.25) is 0 Å². The SMILES string of the molecule is Cc1nnc(-c2cc(NC(=O)c3nccc4ccccc34)c(C)s2)o1. The van der Waals surface area contributed by atoms with E-state index in [1.54, 1.807) is 13.1 Å². The van der Waals surface area contributed by atoms with E-state index in [1.165, 1.54) is 11.3 Å². The van der Waals surface area contributed by atoms with E-state index in [2.05, 4.69) is 20.5 Å². The van der Waals surface area contributed by atoms with Crippen LogP contribution in [0.3, 0.4) is 0 Å². The lowest BCUT2D eigenvalue weighted by Gasteiger charge is -2.06. The molecule has 0 spiro atoms. The molecule has 3 aromatic heterocycles. The van der Waals surface area contributed by atoms with Gasteiger partial charge in [-0.1, -0.05) is 24.3 Å². The smallest absolute Gasteiger partial charge is 0.274 e. The summed E-state index contributed by atoms with van der Waals surface area (Å²) in [5.74, 6) is 0.715. The Hall–Kier alpha value is -3.06. The molecule has 3 heterocycles. The number of nitrogens with one attached hydrogen (secondary N) is 1. The van der Waals surface area contributed by atoms with Crippen LogP contribution in [0, 0.1) is 13.8 Å². The largest absolute Gasteiger partial charge is 0.420 e. The highest BCUT2D eigenvalue weighted by atomic mass is 32.1. The van der Waals surface area contributed by atoms with Crippen molar-refractivity contribution in [3.05, 3.63) is 59.1 Å². The van der Waals surface area contributed by atoms with Crippen LogP contribution >= 0.6 is 11.3 Å². The number of anilines is 1. The molecule has 4 rings (SSSR count). The fourth-order valence-electron chi connectivity index (χ4n) is 2.59. The second-order valence-corrected chi connectivity index (χ2v) is 6.80. The molecule has 0 radical (unpaired) electrons. The van der Waals surface area contributed by atoms with Gasteiger partial charge < -0.3 is 9.73 Å². The predicted octanol–water partition coefficient (Wildman–Crippen LogP) is 4.22. The van der Waals surface area contributed by atoms with E-state index in [1.807, 2.05) is 43.3 Å². The lowest BCUT2D eigenvalue weighted by molar-refractivity contribution is 0.102. The number of amides is 1. The standard InChI is InChI=1S/C18H14N4O2S/c1-10-14(9-15(25-10)18-22-21-11(2)24-18)20-17(23)16-13-6-4-3-5-12(13)7-8-19-16/h3-9H,1-2H3,(H,20,23). The number of nitrogens with zero attached hydrogens (tertiary/aromatic N) is 3. The molecule has 25 heavy (non-hydrogen) atoms. The maximum atomic E-state index is 12.7. The summed E-state index contributed by atoms with van der Waals surface area (Å²) >= 11 is 1.49. The highest BCUT2D eigenvalue weighted by molar-refractivity contribution is 7.15. The zero-order valence-electron chi connectivity index (χ0n) is 13.6. The Kier molecular flexibility index (Phi) is 3.77. The maximum absolute atomic E-state index is 12.7. The number of rotatable bonds is 3. The molecule has 0 aliphatic carbocycles. The highest BCUT2D eigenvalue weighted by Crippen LogP contribution is 2.33. The van der Waals surface area contributed by atoms with Crippen LogP contribution in [0.25, 0.3) is 21.5 Å². The monoisotopic (exact) mass is 350 g/mol. The summed E-state index contributed by atoms with van der Waals surface area (Å²) in [4.78, 5) is 18.7. The number of hydrogen-bond acceptors (Lipinski definition) is 6. The third kappa shape index (κ3) is 2.89. The molecule has 0 unspecified atom stereocenters. The van der Waals surface area contributed by atoms with Crippen molar-refractivity contribution < 1.29 is 9.21 Å². The first-order valence-electron chi connectivity index (χ1n) is 7.68. The lowest BCUT2D eigenvalue weighted by Crippen LogP contribution is -2.14. The first-order valence-corrected chi connectivity index (χ1v) is 8.49. The molecule has 0 fully saturated rings. The number of aromatic nitrogens is 3. The Bertz CT molecular complexity index is 1080. The van der Waals surface area contributed by atoms with Crippen LogP contribution in [-0.2, 0) is 0 Å². The number of fused-ring (bicyclic) bond motifs is 1. The second kappa shape index (κ2) is 6.10. The molecule has 7 heteroatoms. The van der Waals surface area contributed by atoms with Gasteiger partial charge in [-0.15, -0.1) is 21.5 Å². The first kappa shape index (κ1) is 15.5. The number of carbonyl (C=O) groups excluding carboxylic acids is 1. The van der Waals surface area contributed by atoms with Crippen molar-refractivity contribution in [2.45, 2.75) is 13.8 Å². The fourth-order valence-corrected chi connectivity index (χ4v) is 3.49. The van der Waals surface area contributed by atoms with E-state index in [0.29, 0.717) is 17.5 Å². The summed E-state index contributed by atoms with van der Waals surface area (Å²) in [5.41, 5.74) is 1.12. The molecule has 124 valence electrons. The second-order valence-electron chi connectivity index (χ2n) is 5.54. The van der Waals surface area contributed by atoms with Crippen molar-refractivity contribution in [2.75, 3.05) is 5.32 Å². The Balaban J connectivity index is 1.66. The van der Waals surface area contributed by atoms with E-state index >= 15 is 0 Å². The molecular weight excluding hydrogens is 336 g/mol. The lowest BCUT2D eigenvalue weighted by atomic mass is 10.1. The van der Waals surface area contributed by atoms with E-state index in [-0.39, 0.29) is 5.91 Å². The summed E-state index contributed by atoms with van der Waals surface area (Å²) in [6.45, 7) is 3.68. The van der Waals surface area contributed by atoms with Crippen molar-refractivity contribution in [3.63, 3.8) is 0 Å². The number of carbonyl (C=O) groups is 1. The molecule has 1 N–H and O–H groups in total. The summed E-state index contributed by atoms with van der Waals surface area (Å²) in [6.07, 6.45) is 1.64. The fraction of sp³-hybridized carbons (Fsp3) is 0.111. The van der Waals surface area contributed by atoms with Crippen molar-refractivity contribution in [1.82, 2.24) is 15.2 Å². The molecule has 1 aromatic carbocycles. The van der Waals surface area contributed by atoms with Crippen LogP contribution in [0.1, 0.15) is 21.3 Å². The molecule has 0 bridgehead atoms.